The molecule has 0 spiro atoms. The van der Waals surface area contributed by atoms with Crippen LogP contribution >= 0.6 is 15.9 Å². The Morgan fingerprint density at radius 2 is 2.10 bits per heavy atom. The largest absolute Gasteiger partial charge is 0.444 e. The second-order valence-corrected chi connectivity index (χ2v) is 6.70. The van der Waals surface area contributed by atoms with Crippen molar-refractivity contribution in [2.75, 3.05) is 18.4 Å². The zero-order valence-electron chi connectivity index (χ0n) is 11.9. The molecule has 7 heteroatoms. The molecule has 1 unspecified atom stereocenters. The first-order valence-corrected chi connectivity index (χ1v) is 7.35. The molecule has 6 nitrogen and oxygen atoms in total. The Bertz CT molecular complexity index is 472. The zero-order valence-corrected chi connectivity index (χ0v) is 13.5. The lowest BCUT2D eigenvalue weighted by Crippen LogP contribution is -2.36. The molecule has 1 atom stereocenters. The van der Waals surface area contributed by atoms with Crippen molar-refractivity contribution in [3.8, 4) is 0 Å². The molecule has 1 fully saturated rings. The summed E-state index contributed by atoms with van der Waals surface area (Å²) in [6.45, 7) is 6.89. The van der Waals surface area contributed by atoms with Crippen LogP contribution in [-0.2, 0) is 4.74 Å². The van der Waals surface area contributed by atoms with Crippen molar-refractivity contribution in [2.24, 2.45) is 0 Å². The normalized spacial score (nSPS) is 19.0. The van der Waals surface area contributed by atoms with Gasteiger partial charge in [0.15, 0.2) is 0 Å². The molecule has 1 aliphatic heterocycles. The van der Waals surface area contributed by atoms with E-state index in [-0.39, 0.29) is 12.1 Å². The number of hydrogen-bond donors (Lipinski definition) is 1. The van der Waals surface area contributed by atoms with Crippen LogP contribution in [0.2, 0.25) is 0 Å². The third-order valence-electron chi connectivity index (χ3n) is 2.79. The van der Waals surface area contributed by atoms with Crippen molar-refractivity contribution < 1.29 is 9.53 Å². The van der Waals surface area contributed by atoms with Gasteiger partial charge in [-0.05, 0) is 43.1 Å². The highest BCUT2D eigenvalue weighted by Crippen LogP contribution is 2.17. The van der Waals surface area contributed by atoms with Gasteiger partial charge in [0.2, 0.25) is 5.95 Å². The van der Waals surface area contributed by atoms with E-state index in [4.69, 9.17) is 4.74 Å². The first kappa shape index (κ1) is 15.0. The lowest BCUT2D eigenvalue weighted by Gasteiger charge is -2.24. The van der Waals surface area contributed by atoms with E-state index in [0.29, 0.717) is 19.0 Å². The molecule has 0 radical (unpaired) electrons. The van der Waals surface area contributed by atoms with E-state index in [1.807, 2.05) is 20.8 Å². The van der Waals surface area contributed by atoms with Gasteiger partial charge in [0, 0.05) is 31.5 Å². The predicted octanol–water partition coefficient (Wildman–Crippen LogP) is 2.66. The van der Waals surface area contributed by atoms with Gasteiger partial charge in [-0.1, -0.05) is 0 Å². The lowest BCUT2D eigenvalue weighted by atomic mass is 10.2. The average molecular weight is 343 g/mol. The van der Waals surface area contributed by atoms with E-state index in [1.54, 1.807) is 17.3 Å². The first-order chi connectivity index (χ1) is 9.33. The Hall–Kier alpha value is -1.37. The smallest absolute Gasteiger partial charge is 0.410 e. The molecule has 0 aliphatic carbocycles. The Balaban J connectivity index is 1.86. The van der Waals surface area contributed by atoms with Gasteiger partial charge in [-0.25, -0.2) is 14.8 Å². The molecule has 1 amide bonds. The van der Waals surface area contributed by atoms with Crippen LogP contribution in [0.1, 0.15) is 27.2 Å². The van der Waals surface area contributed by atoms with Crippen LogP contribution in [0, 0.1) is 0 Å². The van der Waals surface area contributed by atoms with Crippen LogP contribution in [0.5, 0.6) is 0 Å². The molecule has 1 aromatic heterocycles. The van der Waals surface area contributed by atoms with Crippen LogP contribution in [0.4, 0.5) is 10.7 Å². The average Bonchev–Trinajstić information content (AvgIpc) is 2.79. The summed E-state index contributed by atoms with van der Waals surface area (Å²) in [5.74, 6) is 0.573. The second-order valence-electron chi connectivity index (χ2n) is 5.78. The maximum absolute atomic E-state index is 11.9. The maximum atomic E-state index is 11.9. The molecule has 1 N–H and O–H groups in total. The molecule has 0 saturated carbocycles. The third kappa shape index (κ3) is 4.33. The zero-order chi connectivity index (χ0) is 14.8. The van der Waals surface area contributed by atoms with Gasteiger partial charge in [0.05, 0.1) is 4.47 Å². The van der Waals surface area contributed by atoms with Crippen LogP contribution in [-0.4, -0.2) is 45.7 Å². The molecule has 2 heterocycles. The molecular weight excluding hydrogens is 324 g/mol. The number of amides is 1. The minimum absolute atomic E-state index is 0.156. The summed E-state index contributed by atoms with van der Waals surface area (Å²) >= 11 is 3.29. The molecule has 110 valence electrons. The fourth-order valence-electron chi connectivity index (χ4n) is 1.94. The van der Waals surface area contributed by atoms with Gasteiger partial charge < -0.3 is 15.0 Å². The van der Waals surface area contributed by atoms with Crippen LogP contribution < -0.4 is 5.32 Å². The van der Waals surface area contributed by atoms with Gasteiger partial charge in [-0.15, -0.1) is 0 Å². The molecule has 1 aliphatic rings. The van der Waals surface area contributed by atoms with Gasteiger partial charge in [0.25, 0.3) is 0 Å². The van der Waals surface area contributed by atoms with Crippen LogP contribution in [0.25, 0.3) is 0 Å². The van der Waals surface area contributed by atoms with Gasteiger partial charge in [-0.2, -0.15) is 0 Å². The number of carbonyl (C=O) groups is 1. The van der Waals surface area contributed by atoms with E-state index in [0.717, 1.165) is 10.9 Å². The van der Waals surface area contributed by atoms with Crippen molar-refractivity contribution in [3.05, 3.63) is 16.9 Å². The summed E-state index contributed by atoms with van der Waals surface area (Å²) in [7, 11) is 0. The summed E-state index contributed by atoms with van der Waals surface area (Å²) in [6, 6.07) is 0.156. The number of nitrogens with one attached hydrogen (secondary N) is 1. The van der Waals surface area contributed by atoms with Crippen molar-refractivity contribution in [3.63, 3.8) is 0 Å². The minimum Gasteiger partial charge on any atom is -0.444 e. The number of rotatable bonds is 2. The molecule has 2 rings (SSSR count). The third-order valence-corrected chi connectivity index (χ3v) is 3.20. The summed E-state index contributed by atoms with van der Waals surface area (Å²) in [4.78, 5) is 22.0. The van der Waals surface area contributed by atoms with E-state index in [9.17, 15) is 4.79 Å². The Kier molecular flexibility index (Phi) is 4.47. The summed E-state index contributed by atoms with van der Waals surface area (Å²) in [5.41, 5.74) is -0.461. The molecule has 0 bridgehead atoms. The van der Waals surface area contributed by atoms with Crippen LogP contribution in [0.3, 0.4) is 0 Å². The fraction of sp³-hybridized carbons (Fsp3) is 0.615. The lowest BCUT2D eigenvalue weighted by molar-refractivity contribution is 0.0293. The topological polar surface area (TPSA) is 67.3 Å². The molecule has 1 aromatic rings. The standard InChI is InChI=1S/C13H19BrN4O2/c1-13(2,3)20-12(19)18-5-4-10(8-18)17-11-15-6-9(14)7-16-11/h6-7,10H,4-5,8H2,1-3H3,(H,15,16,17). The summed E-state index contributed by atoms with van der Waals surface area (Å²) < 4.78 is 6.20. The quantitative estimate of drug-likeness (QED) is 0.894. The van der Waals surface area contributed by atoms with E-state index in [2.05, 4.69) is 31.2 Å². The van der Waals surface area contributed by atoms with Gasteiger partial charge >= 0.3 is 6.09 Å². The number of likely N-dealkylation sites (tertiary alicyclic amines) is 1. The minimum atomic E-state index is -0.461. The highest BCUT2D eigenvalue weighted by molar-refractivity contribution is 9.10. The van der Waals surface area contributed by atoms with E-state index >= 15 is 0 Å². The molecule has 20 heavy (non-hydrogen) atoms. The highest BCUT2D eigenvalue weighted by atomic mass is 79.9. The molecular formula is C13H19BrN4O2. The van der Waals surface area contributed by atoms with Crippen molar-refractivity contribution >= 4 is 28.0 Å². The Labute approximate surface area is 127 Å². The summed E-state index contributed by atoms with van der Waals surface area (Å²) in [6.07, 6.45) is 3.98. The Morgan fingerprint density at radius 3 is 2.70 bits per heavy atom. The van der Waals surface area contributed by atoms with Crippen molar-refractivity contribution in [1.82, 2.24) is 14.9 Å². The number of anilines is 1. The number of aromatic nitrogens is 2. The number of carbonyl (C=O) groups excluding carboxylic acids is 1. The maximum Gasteiger partial charge on any atom is 0.410 e. The second kappa shape index (κ2) is 5.95. The first-order valence-electron chi connectivity index (χ1n) is 6.55. The molecule has 0 aromatic carbocycles. The van der Waals surface area contributed by atoms with Gasteiger partial charge in [-0.3, -0.25) is 0 Å². The number of ether oxygens (including phenoxy) is 1. The number of hydrogen-bond acceptors (Lipinski definition) is 5. The predicted molar refractivity (Wildman–Crippen MR) is 79.6 cm³/mol. The fourth-order valence-corrected chi connectivity index (χ4v) is 2.14. The van der Waals surface area contributed by atoms with Crippen LogP contribution in [0.15, 0.2) is 16.9 Å². The highest BCUT2D eigenvalue weighted by Gasteiger charge is 2.29. The van der Waals surface area contributed by atoms with Crippen molar-refractivity contribution in [1.29, 1.82) is 0 Å². The number of halogens is 1. The SMILES string of the molecule is CC(C)(C)OC(=O)N1CCC(Nc2ncc(Br)cn2)C1. The Morgan fingerprint density at radius 1 is 1.45 bits per heavy atom. The number of nitrogens with zero attached hydrogens (tertiary/aromatic N) is 3. The van der Waals surface area contributed by atoms with E-state index < -0.39 is 5.60 Å². The monoisotopic (exact) mass is 342 g/mol. The van der Waals surface area contributed by atoms with E-state index in [1.165, 1.54) is 0 Å². The summed E-state index contributed by atoms with van der Waals surface area (Å²) in [5, 5.41) is 3.22. The van der Waals surface area contributed by atoms with Gasteiger partial charge in [0.1, 0.15) is 5.60 Å². The molecule has 1 saturated heterocycles. The van der Waals surface area contributed by atoms with Crippen molar-refractivity contribution in [2.45, 2.75) is 38.8 Å².